The predicted octanol–water partition coefficient (Wildman–Crippen LogP) is 3.11. The lowest BCUT2D eigenvalue weighted by molar-refractivity contribution is -0.0139. The van der Waals surface area contributed by atoms with Gasteiger partial charge in [0.15, 0.2) is 17.2 Å². The summed E-state index contributed by atoms with van der Waals surface area (Å²) in [4.78, 5) is 25.5. The molecule has 6 rings (SSSR count). The zero-order valence-electron chi connectivity index (χ0n) is 18.5. The third-order valence-corrected chi connectivity index (χ3v) is 6.72. The van der Waals surface area contributed by atoms with E-state index < -0.39 is 5.91 Å². The molecule has 1 amide bonds. The number of piperazine rings is 1. The summed E-state index contributed by atoms with van der Waals surface area (Å²) in [6, 6.07) is 11.9. The van der Waals surface area contributed by atoms with E-state index in [1.165, 1.54) is 12.0 Å². The number of furan rings is 1. The number of anilines is 3. The fraction of sp³-hybridized carbons (Fsp3) is 0.292. The Labute approximate surface area is 190 Å². The zero-order valence-corrected chi connectivity index (χ0v) is 18.5. The lowest BCUT2D eigenvalue weighted by atomic mass is 9.83. The molecule has 5 heterocycles. The fourth-order valence-electron chi connectivity index (χ4n) is 4.90. The van der Waals surface area contributed by atoms with Crippen LogP contribution in [0.2, 0.25) is 0 Å². The Morgan fingerprint density at radius 3 is 2.82 bits per heavy atom. The molecule has 0 bridgehead atoms. The van der Waals surface area contributed by atoms with Crippen molar-refractivity contribution in [1.82, 2.24) is 19.3 Å². The number of benzene rings is 1. The van der Waals surface area contributed by atoms with Crippen molar-refractivity contribution in [2.24, 2.45) is 5.73 Å². The van der Waals surface area contributed by atoms with Gasteiger partial charge in [0.2, 0.25) is 0 Å². The first kappa shape index (κ1) is 19.8. The van der Waals surface area contributed by atoms with E-state index in [0.29, 0.717) is 35.2 Å². The second kappa shape index (κ2) is 7.35. The highest BCUT2D eigenvalue weighted by molar-refractivity contribution is 5.91. The number of nitrogens with zero attached hydrogens (tertiary/aromatic N) is 5. The Morgan fingerprint density at radius 2 is 2.09 bits per heavy atom. The van der Waals surface area contributed by atoms with E-state index in [1.807, 2.05) is 16.7 Å². The van der Waals surface area contributed by atoms with Gasteiger partial charge in [0.25, 0.3) is 5.91 Å². The molecule has 3 N–H and O–H groups in total. The van der Waals surface area contributed by atoms with Gasteiger partial charge < -0.3 is 20.4 Å². The van der Waals surface area contributed by atoms with Crippen molar-refractivity contribution < 1.29 is 9.21 Å². The molecular weight excluding hydrogens is 418 g/mol. The smallest absolute Gasteiger partial charge is 0.284 e. The maximum Gasteiger partial charge on any atom is 0.284 e. The molecule has 4 aromatic rings. The fourth-order valence-corrected chi connectivity index (χ4v) is 4.90. The summed E-state index contributed by atoms with van der Waals surface area (Å²) in [6.45, 7) is 6.73. The summed E-state index contributed by atoms with van der Waals surface area (Å²) in [7, 11) is 0. The molecule has 3 aromatic heterocycles. The number of nitrogens with one attached hydrogen (secondary N) is 1. The van der Waals surface area contributed by atoms with Gasteiger partial charge in [-0.1, -0.05) is 6.07 Å². The lowest BCUT2D eigenvalue weighted by Crippen LogP contribution is -2.80. The van der Waals surface area contributed by atoms with Gasteiger partial charge in [0.05, 0.1) is 17.9 Å². The van der Waals surface area contributed by atoms with Gasteiger partial charge in [-0.15, -0.1) is 0 Å². The normalized spacial score (nSPS) is 19.9. The van der Waals surface area contributed by atoms with Crippen LogP contribution in [0.25, 0.3) is 16.9 Å². The number of fused-ring (bicyclic) bond motifs is 2. The largest absolute Gasteiger partial charge is 0.458 e. The van der Waals surface area contributed by atoms with Crippen LogP contribution in [-0.4, -0.2) is 56.4 Å². The molecule has 0 spiro atoms. The van der Waals surface area contributed by atoms with Crippen molar-refractivity contribution in [3.63, 3.8) is 0 Å². The molecule has 0 aliphatic carbocycles. The third kappa shape index (κ3) is 3.15. The Hall–Kier alpha value is -3.85. The molecule has 2 atom stereocenters. The van der Waals surface area contributed by atoms with Gasteiger partial charge in [0.1, 0.15) is 6.26 Å². The van der Waals surface area contributed by atoms with E-state index in [9.17, 15) is 4.79 Å². The molecule has 9 heteroatoms. The maximum absolute atomic E-state index is 11.4. The lowest BCUT2D eigenvalue weighted by Gasteiger charge is -2.64. The number of rotatable bonds is 6. The number of primary amides is 1. The van der Waals surface area contributed by atoms with Gasteiger partial charge in [-0.3, -0.25) is 14.1 Å². The summed E-state index contributed by atoms with van der Waals surface area (Å²) in [5.74, 6) is 0.144. The second-order valence-electron chi connectivity index (χ2n) is 8.93. The van der Waals surface area contributed by atoms with Crippen molar-refractivity contribution >= 4 is 28.7 Å². The standard InChI is InChI=1S/C24H25N7O2/c1-14(2)30-11-20-19(30)12-31(20)17-5-3-4-16(9-17)28-23-24-26-6-7-29(24)18(10-27-23)15-8-21(22(25)32)33-13-15/h3-10,13-14,19-20H,11-12H2,1-2H3,(H2,25,32)(H,27,28). The van der Waals surface area contributed by atoms with Crippen LogP contribution in [0, 0.1) is 0 Å². The number of carbonyl (C=O) groups excluding carboxylic acids is 1. The molecule has 2 unspecified atom stereocenters. The first-order valence-corrected chi connectivity index (χ1v) is 11.1. The van der Waals surface area contributed by atoms with Gasteiger partial charge >= 0.3 is 0 Å². The van der Waals surface area contributed by atoms with E-state index in [-0.39, 0.29) is 5.76 Å². The Kier molecular flexibility index (Phi) is 4.41. The number of nitrogens with two attached hydrogens (primary N) is 1. The number of likely N-dealkylation sites (tertiary alicyclic amines) is 1. The predicted molar refractivity (Wildman–Crippen MR) is 126 cm³/mol. The minimum Gasteiger partial charge on any atom is -0.458 e. The number of hydrogen-bond acceptors (Lipinski definition) is 7. The summed E-state index contributed by atoms with van der Waals surface area (Å²) in [6.07, 6.45) is 6.79. The van der Waals surface area contributed by atoms with Gasteiger partial charge in [0, 0.05) is 54.5 Å². The van der Waals surface area contributed by atoms with Crippen molar-refractivity contribution in [3.8, 4) is 11.3 Å². The van der Waals surface area contributed by atoms with Crippen LogP contribution in [0.3, 0.4) is 0 Å². The van der Waals surface area contributed by atoms with E-state index in [1.54, 1.807) is 18.5 Å². The van der Waals surface area contributed by atoms with E-state index in [0.717, 1.165) is 24.5 Å². The van der Waals surface area contributed by atoms with Crippen molar-refractivity contribution in [3.05, 3.63) is 60.9 Å². The van der Waals surface area contributed by atoms with Crippen molar-refractivity contribution in [1.29, 1.82) is 0 Å². The molecule has 168 valence electrons. The van der Waals surface area contributed by atoms with E-state index in [4.69, 9.17) is 10.2 Å². The molecule has 0 radical (unpaired) electrons. The van der Waals surface area contributed by atoms with Crippen LogP contribution in [-0.2, 0) is 0 Å². The molecule has 2 aliphatic heterocycles. The van der Waals surface area contributed by atoms with E-state index >= 15 is 0 Å². The first-order chi connectivity index (χ1) is 16.0. The van der Waals surface area contributed by atoms with E-state index in [2.05, 4.69) is 57.1 Å². The van der Waals surface area contributed by atoms with Crippen LogP contribution in [0.4, 0.5) is 17.2 Å². The first-order valence-electron chi connectivity index (χ1n) is 11.1. The average Bonchev–Trinajstić information content (AvgIpc) is 3.46. The topological polar surface area (TPSA) is 105 Å². The van der Waals surface area contributed by atoms with Crippen LogP contribution in [0.1, 0.15) is 24.4 Å². The second-order valence-corrected chi connectivity index (χ2v) is 8.93. The van der Waals surface area contributed by atoms with Gasteiger partial charge in [-0.05, 0) is 38.1 Å². The Morgan fingerprint density at radius 1 is 1.21 bits per heavy atom. The molecular formula is C24H25N7O2. The summed E-state index contributed by atoms with van der Waals surface area (Å²) < 4.78 is 7.17. The average molecular weight is 444 g/mol. The molecule has 9 nitrogen and oxygen atoms in total. The molecule has 33 heavy (non-hydrogen) atoms. The van der Waals surface area contributed by atoms with Gasteiger partial charge in [-0.25, -0.2) is 9.97 Å². The van der Waals surface area contributed by atoms with Crippen LogP contribution >= 0.6 is 0 Å². The monoisotopic (exact) mass is 443 g/mol. The van der Waals surface area contributed by atoms with Crippen LogP contribution in [0.15, 0.2) is 59.6 Å². The Bertz CT molecular complexity index is 1360. The highest BCUT2D eigenvalue weighted by Gasteiger charge is 2.52. The molecule has 2 saturated heterocycles. The summed E-state index contributed by atoms with van der Waals surface area (Å²) in [5, 5.41) is 3.42. The quantitative estimate of drug-likeness (QED) is 0.472. The van der Waals surface area contributed by atoms with Crippen LogP contribution in [0.5, 0.6) is 0 Å². The maximum atomic E-state index is 11.4. The minimum absolute atomic E-state index is 0.105. The van der Waals surface area contributed by atoms with Crippen molar-refractivity contribution in [2.45, 2.75) is 32.0 Å². The molecule has 1 aromatic carbocycles. The van der Waals surface area contributed by atoms with Crippen molar-refractivity contribution in [2.75, 3.05) is 23.3 Å². The zero-order chi connectivity index (χ0) is 22.7. The number of amides is 1. The number of hydrogen-bond donors (Lipinski definition) is 2. The van der Waals surface area contributed by atoms with Crippen LogP contribution < -0.4 is 16.0 Å². The molecule has 2 aliphatic rings. The number of aromatic nitrogens is 3. The molecule has 0 saturated carbocycles. The third-order valence-electron chi connectivity index (χ3n) is 6.72. The number of carbonyl (C=O) groups is 1. The minimum atomic E-state index is -0.610. The summed E-state index contributed by atoms with van der Waals surface area (Å²) in [5.41, 5.74) is 9.63. The number of imidazole rings is 1. The Balaban J connectivity index is 1.25. The summed E-state index contributed by atoms with van der Waals surface area (Å²) >= 11 is 0. The highest BCUT2D eigenvalue weighted by Crippen LogP contribution is 2.39. The highest BCUT2D eigenvalue weighted by atomic mass is 16.3. The molecule has 2 fully saturated rings. The van der Waals surface area contributed by atoms with Gasteiger partial charge in [-0.2, -0.15) is 0 Å². The SMILES string of the molecule is CC(C)N1CC2C1CN2c1cccc(Nc2ncc(-c3coc(C(N)=O)c3)n3ccnc23)c1.